The van der Waals surface area contributed by atoms with Crippen molar-refractivity contribution in [2.75, 3.05) is 5.73 Å². The van der Waals surface area contributed by atoms with Crippen LogP contribution in [-0.4, -0.2) is 11.9 Å². The van der Waals surface area contributed by atoms with Gasteiger partial charge in [0.15, 0.2) is 0 Å². The molecule has 4 nitrogen and oxygen atoms in total. The number of carbonyl (C=O) groups is 2. The molecule has 1 heterocycles. The molecule has 0 bridgehead atoms. The Morgan fingerprint density at radius 1 is 1.12 bits per heavy atom. The molecule has 0 spiro atoms. The van der Waals surface area contributed by atoms with E-state index in [0.717, 1.165) is 0 Å². The topological polar surface area (TPSA) is 69.4 Å². The number of halogens is 1. The second-order valence-corrected chi connectivity index (χ2v) is 4.11. The highest BCUT2D eigenvalue weighted by atomic mass is 35.5. The second-order valence-electron chi connectivity index (χ2n) is 3.73. The van der Waals surface area contributed by atoms with E-state index < -0.39 is 11.9 Å². The minimum absolute atomic E-state index is 0.275. The highest BCUT2D eigenvalue weighted by molar-refractivity contribution is 6.40. The van der Waals surface area contributed by atoms with Crippen LogP contribution in [0.5, 0.6) is 0 Å². The number of anilines is 1. The first-order valence-electron chi connectivity index (χ1n) is 4.87. The summed E-state index contributed by atoms with van der Waals surface area (Å²) < 4.78 is 4.62. The van der Waals surface area contributed by atoms with Crippen molar-refractivity contribution in [3.05, 3.63) is 40.4 Å². The summed E-state index contributed by atoms with van der Waals surface area (Å²) in [5, 5.41) is 1.44. The van der Waals surface area contributed by atoms with Crippen LogP contribution in [-0.2, 0) is 4.74 Å². The third-order valence-corrected chi connectivity index (χ3v) is 3.17. The molecule has 1 aliphatic heterocycles. The molecule has 0 amide bonds. The van der Waals surface area contributed by atoms with E-state index in [9.17, 15) is 9.59 Å². The summed E-state index contributed by atoms with van der Waals surface area (Å²) in [6.07, 6.45) is 0. The van der Waals surface area contributed by atoms with Gasteiger partial charge in [0.2, 0.25) is 0 Å². The van der Waals surface area contributed by atoms with Crippen LogP contribution < -0.4 is 5.73 Å². The predicted molar refractivity (Wildman–Crippen MR) is 63.1 cm³/mol. The highest BCUT2D eigenvalue weighted by Crippen LogP contribution is 2.36. The lowest BCUT2D eigenvalue weighted by atomic mass is 9.96. The number of benzene rings is 2. The van der Waals surface area contributed by atoms with Crippen molar-refractivity contribution in [3.8, 4) is 0 Å². The molecule has 84 valence electrons. The van der Waals surface area contributed by atoms with Crippen molar-refractivity contribution in [2.24, 2.45) is 0 Å². The summed E-state index contributed by atoms with van der Waals surface area (Å²) in [5.74, 6) is -1.35. The number of hydrogen-bond donors (Lipinski definition) is 1. The molecule has 0 radical (unpaired) electrons. The van der Waals surface area contributed by atoms with Crippen LogP contribution >= 0.6 is 11.6 Å². The molecule has 0 saturated heterocycles. The van der Waals surface area contributed by atoms with E-state index in [4.69, 9.17) is 17.3 Å². The van der Waals surface area contributed by atoms with Crippen LogP contribution in [0.25, 0.3) is 10.8 Å². The molecule has 2 aromatic carbocycles. The van der Waals surface area contributed by atoms with E-state index in [2.05, 4.69) is 4.74 Å². The normalized spacial score (nSPS) is 13.9. The Morgan fingerprint density at radius 2 is 1.82 bits per heavy atom. The minimum Gasteiger partial charge on any atom is -0.397 e. The average molecular weight is 248 g/mol. The fourth-order valence-corrected chi connectivity index (χ4v) is 2.21. The number of rotatable bonds is 0. The molecule has 3 rings (SSSR count). The fourth-order valence-electron chi connectivity index (χ4n) is 2.00. The number of hydrogen-bond acceptors (Lipinski definition) is 4. The van der Waals surface area contributed by atoms with E-state index in [0.29, 0.717) is 21.4 Å². The van der Waals surface area contributed by atoms with Crippen molar-refractivity contribution in [2.45, 2.75) is 0 Å². The maximum Gasteiger partial charge on any atom is 0.346 e. The Morgan fingerprint density at radius 3 is 2.59 bits per heavy atom. The zero-order valence-corrected chi connectivity index (χ0v) is 9.25. The van der Waals surface area contributed by atoms with Crippen LogP contribution in [0.4, 0.5) is 5.69 Å². The molecule has 0 unspecified atom stereocenters. The molecule has 0 aliphatic carbocycles. The summed E-state index contributed by atoms with van der Waals surface area (Å²) in [6.45, 7) is 0. The van der Waals surface area contributed by atoms with Gasteiger partial charge >= 0.3 is 11.9 Å². The average Bonchev–Trinajstić information content (AvgIpc) is 2.31. The Bertz CT molecular complexity index is 694. The number of nitrogens with two attached hydrogens (primary N) is 1. The van der Waals surface area contributed by atoms with Gasteiger partial charge in [-0.15, -0.1) is 0 Å². The first-order valence-corrected chi connectivity index (χ1v) is 5.24. The standard InChI is InChI=1S/C12H6ClNO3/c13-10-5-2-1-3-6-9(5)7(4-8(10)14)12(16)17-11(6)15/h1-4H,14H2. The molecule has 17 heavy (non-hydrogen) atoms. The van der Waals surface area contributed by atoms with Crippen molar-refractivity contribution in [3.63, 3.8) is 0 Å². The number of nitrogen functional groups attached to an aromatic ring is 1. The predicted octanol–water partition coefficient (Wildman–Crippen LogP) is 2.39. The van der Waals surface area contributed by atoms with Gasteiger partial charge in [0, 0.05) is 10.8 Å². The second kappa shape index (κ2) is 3.21. The molecule has 0 atom stereocenters. The number of cyclic esters (lactones) is 2. The quantitative estimate of drug-likeness (QED) is 0.441. The molecule has 0 aromatic heterocycles. The largest absolute Gasteiger partial charge is 0.397 e. The zero-order valence-electron chi connectivity index (χ0n) is 8.49. The van der Waals surface area contributed by atoms with Crippen LogP contribution in [0, 0.1) is 0 Å². The van der Waals surface area contributed by atoms with Crippen LogP contribution in [0.2, 0.25) is 5.02 Å². The van der Waals surface area contributed by atoms with E-state index >= 15 is 0 Å². The third kappa shape index (κ3) is 1.24. The maximum atomic E-state index is 11.6. The summed E-state index contributed by atoms with van der Waals surface area (Å²) in [5.41, 5.74) is 6.61. The lowest BCUT2D eigenvalue weighted by molar-refractivity contribution is 0.0391. The number of esters is 2. The number of ether oxygens (including phenoxy) is 1. The van der Waals surface area contributed by atoms with Crippen LogP contribution in [0.3, 0.4) is 0 Å². The van der Waals surface area contributed by atoms with Crippen molar-refractivity contribution in [1.29, 1.82) is 0 Å². The van der Waals surface area contributed by atoms with Gasteiger partial charge in [-0.1, -0.05) is 23.7 Å². The Kier molecular flexibility index (Phi) is 1.91. The molecule has 2 N–H and O–H groups in total. The SMILES string of the molecule is Nc1cc2c3c(cccc3c1Cl)C(=O)OC2=O. The minimum atomic E-state index is -0.693. The van der Waals surface area contributed by atoms with Gasteiger partial charge in [0.25, 0.3) is 0 Å². The molecule has 0 fully saturated rings. The van der Waals surface area contributed by atoms with E-state index in [1.165, 1.54) is 6.07 Å². The van der Waals surface area contributed by atoms with Crippen molar-refractivity contribution >= 4 is 40.0 Å². The van der Waals surface area contributed by atoms with E-state index in [1.54, 1.807) is 18.2 Å². The first-order chi connectivity index (χ1) is 8.09. The zero-order chi connectivity index (χ0) is 12.2. The fraction of sp³-hybridized carbons (Fsp3) is 0. The summed E-state index contributed by atoms with van der Waals surface area (Å²) in [6, 6.07) is 6.41. The Labute approximate surface area is 101 Å². The van der Waals surface area contributed by atoms with Gasteiger partial charge in [-0.2, -0.15) is 0 Å². The van der Waals surface area contributed by atoms with Gasteiger partial charge in [0.05, 0.1) is 21.8 Å². The third-order valence-electron chi connectivity index (χ3n) is 2.75. The van der Waals surface area contributed by atoms with Crippen molar-refractivity contribution in [1.82, 2.24) is 0 Å². The summed E-state index contributed by atoms with van der Waals surface area (Å²) in [7, 11) is 0. The molecule has 1 aliphatic rings. The monoisotopic (exact) mass is 247 g/mol. The van der Waals surface area contributed by atoms with Crippen molar-refractivity contribution < 1.29 is 14.3 Å². The number of carbonyl (C=O) groups excluding carboxylic acids is 2. The van der Waals surface area contributed by atoms with E-state index in [-0.39, 0.29) is 11.3 Å². The molecule has 0 saturated carbocycles. The van der Waals surface area contributed by atoms with Gasteiger partial charge in [-0.3, -0.25) is 0 Å². The van der Waals surface area contributed by atoms with E-state index in [1.807, 2.05) is 0 Å². The molecule has 2 aromatic rings. The maximum absolute atomic E-state index is 11.6. The van der Waals surface area contributed by atoms with Crippen LogP contribution in [0.15, 0.2) is 24.3 Å². The van der Waals surface area contributed by atoms with Gasteiger partial charge in [-0.05, 0) is 12.1 Å². The van der Waals surface area contributed by atoms with Gasteiger partial charge < -0.3 is 10.5 Å². The van der Waals surface area contributed by atoms with Gasteiger partial charge in [0.1, 0.15) is 0 Å². The lowest BCUT2D eigenvalue weighted by Crippen LogP contribution is -2.19. The summed E-state index contributed by atoms with van der Waals surface area (Å²) in [4.78, 5) is 23.2. The van der Waals surface area contributed by atoms with Gasteiger partial charge in [-0.25, -0.2) is 9.59 Å². The molecule has 5 heteroatoms. The Balaban J connectivity index is 2.59. The Hall–Kier alpha value is -2.07. The molecular weight excluding hydrogens is 242 g/mol. The smallest absolute Gasteiger partial charge is 0.346 e. The lowest BCUT2D eigenvalue weighted by Gasteiger charge is -2.16. The summed E-state index contributed by atoms with van der Waals surface area (Å²) >= 11 is 6.06. The molecular formula is C12H6ClNO3. The van der Waals surface area contributed by atoms with Crippen LogP contribution in [0.1, 0.15) is 20.7 Å². The first kappa shape index (κ1) is 10.1. The highest BCUT2D eigenvalue weighted by Gasteiger charge is 2.28.